The first-order valence-electron chi connectivity index (χ1n) is 26.2. The summed E-state index contributed by atoms with van der Waals surface area (Å²) >= 11 is 0. The van der Waals surface area contributed by atoms with Crippen LogP contribution in [0.4, 0.5) is 0 Å². The van der Waals surface area contributed by atoms with Crippen molar-refractivity contribution in [2.24, 2.45) is 34.4 Å². The largest absolute Gasteiger partial charge is 0.480 e. The Bertz CT molecular complexity index is 2760. The Hall–Kier alpha value is -8.75. The van der Waals surface area contributed by atoms with Crippen LogP contribution in [0, 0.1) is 0 Å². The third kappa shape index (κ3) is 21.6. The van der Waals surface area contributed by atoms with Gasteiger partial charge in [-0.3, -0.25) is 47.9 Å². The molecular weight excluding hydrogens is 1040 g/mol. The number of fused-ring (bicyclic) bond motifs is 1. The van der Waals surface area contributed by atoms with Crippen molar-refractivity contribution in [2.45, 2.75) is 132 Å². The Morgan fingerprint density at radius 3 is 1.34 bits per heavy atom. The molecule has 432 valence electrons. The first kappa shape index (κ1) is 63.8. The molecule has 80 heavy (non-hydrogen) atoms. The highest BCUT2D eigenvalue weighted by Crippen LogP contribution is 2.20. The first-order chi connectivity index (χ1) is 38.2. The second-order valence-electron chi connectivity index (χ2n) is 19.2. The lowest BCUT2D eigenvalue weighted by atomic mass is 10.0. The number of primary amides is 3. The van der Waals surface area contributed by atoms with Crippen molar-refractivity contribution in [3.05, 3.63) is 108 Å². The van der Waals surface area contributed by atoms with Crippen LogP contribution >= 0.6 is 0 Å². The summed E-state index contributed by atoms with van der Waals surface area (Å²) in [4.78, 5) is 150. The van der Waals surface area contributed by atoms with Crippen molar-refractivity contribution in [2.75, 3.05) is 13.1 Å². The molecule has 0 aliphatic carbocycles. The molecule has 0 bridgehead atoms. The summed E-state index contributed by atoms with van der Waals surface area (Å²) in [7, 11) is 0. The second-order valence-corrected chi connectivity index (χ2v) is 19.2. The predicted octanol–water partition coefficient (Wildman–Crippen LogP) is -2.72. The minimum absolute atomic E-state index is 0.0809. The smallest absolute Gasteiger partial charge is 0.326 e. The normalized spacial score (nSPS) is 14.0. The molecule has 0 aliphatic rings. The van der Waals surface area contributed by atoms with Gasteiger partial charge in [-0.2, -0.15) is 0 Å². The van der Waals surface area contributed by atoms with E-state index in [2.05, 4.69) is 42.2 Å². The SMILES string of the molecule is NCCCC[C@H](NC(=O)[C@@H](CC(N)=O)NC(=O)[C@H](CCC(N)=O)NC(=O)[C@@H](CC(N)=O)NC(=O)[C@@H](N)CCCCN)C(=O)N[C@H](Cc1ccccc1)C(=O)N[C@@H](Cc1c[nH]c2ccccc12)C(=O)N[C@H](Cc1ccccc1)C(=O)O. The maximum absolute atomic E-state index is 14.7. The molecule has 21 N–H and O–H groups in total. The number of carboxylic acids is 1. The number of carboxylic acid groups (broad SMARTS) is 1. The van der Waals surface area contributed by atoms with Crippen LogP contribution in [0.15, 0.2) is 91.1 Å². The van der Waals surface area contributed by atoms with Crippen LogP contribution in [0.5, 0.6) is 0 Å². The van der Waals surface area contributed by atoms with Gasteiger partial charge in [0.25, 0.3) is 0 Å². The zero-order chi connectivity index (χ0) is 58.7. The molecule has 0 unspecified atom stereocenters. The fourth-order valence-electron chi connectivity index (χ4n) is 8.53. The van der Waals surface area contributed by atoms with Crippen molar-refractivity contribution >= 4 is 75.9 Å². The van der Waals surface area contributed by atoms with Crippen LogP contribution in [0.2, 0.25) is 0 Å². The third-order valence-corrected chi connectivity index (χ3v) is 12.8. The van der Waals surface area contributed by atoms with Crippen molar-refractivity contribution in [3.8, 4) is 0 Å². The number of para-hydroxylation sites is 1. The highest BCUT2D eigenvalue weighted by molar-refractivity contribution is 6.00. The van der Waals surface area contributed by atoms with Crippen molar-refractivity contribution in [3.63, 3.8) is 0 Å². The maximum atomic E-state index is 14.7. The predicted molar refractivity (Wildman–Crippen MR) is 293 cm³/mol. The van der Waals surface area contributed by atoms with Gasteiger partial charge in [0.1, 0.15) is 42.3 Å². The van der Waals surface area contributed by atoms with Gasteiger partial charge < -0.3 is 81.7 Å². The molecule has 0 spiro atoms. The minimum atomic E-state index is -1.84. The van der Waals surface area contributed by atoms with Gasteiger partial charge in [-0.05, 0) is 74.4 Å². The lowest BCUT2D eigenvalue weighted by Gasteiger charge is -2.28. The molecule has 0 fully saturated rings. The molecule has 26 heteroatoms. The summed E-state index contributed by atoms with van der Waals surface area (Å²) in [5.74, 6) is -11.2. The molecule has 3 aromatic carbocycles. The minimum Gasteiger partial charge on any atom is -0.480 e. The van der Waals surface area contributed by atoms with E-state index < -0.39 is 139 Å². The Kier molecular flexibility index (Phi) is 26.2. The number of carbonyl (C=O) groups is 11. The number of carbonyl (C=O) groups excluding carboxylic acids is 10. The molecule has 0 radical (unpaired) electrons. The van der Waals surface area contributed by atoms with Crippen molar-refractivity contribution < 1.29 is 57.8 Å². The number of benzene rings is 3. The lowest BCUT2D eigenvalue weighted by molar-refractivity contribution is -0.142. The highest BCUT2D eigenvalue weighted by Gasteiger charge is 2.36. The molecule has 0 saturated carbocycles. The highest BCUT2D eigenvalue weighted by atomic mass is 16.4. The Morgan fingerprint density at radius 2 is 0.838 bits per heavy atom. The Balaban J connectivity index is 1.63. The van der Waals surface area contributed by atoms with Crippen LogP contribution in [0.1, 0.15) is 80.9 Å². The Labute approximate surface area is 461 Å². The molecule has 0 aliphatic heterocycles. The van der Waals surface area contributed by atoms with Gasteiger partial charge in [-0.15, -0.1) is 0 Å². The van der Waals surface area contributed by atoms with Crippen molar-refractivity contribution in [1.29, 1.82) is 0 Å². The van der Waals surface area contributed by atoms with E-state index in [1.165, 1.54) is 0 Å². The number of unbranched alkanes of at least 4 members (excludes halogenated alkanes) is 2. The summed E-state index contributed by atoms with van der Waals surface area (Å²) in [6.07, 6.45) is 0.420. The van der Waals surface area contributed by atoms with E-state index in [0.717, 1.165) is 10.9 Å². The van der Waals surface area contributed by atoms with E-state index in [1.54, 1.807) is 79.0 Å². The number of aromatic nitrogens is 1. The van der Waals surface area contributed by atoms with Gasteiger partial charge in [0.05, 0.1) is 18.9 Å². The number of aliphatic carboxylic acids is 1. The van der Waals surface area contributed by atoms with E-state index in [4.69, 9.17) is 34.4 Å². The number of hydrogen-bond acceptors (Lipinski definition) is 14. The fraction of sp³-hybridized carbons (Fsp3) is 0.426. The van der Waals surface area contributed by atoms with E-state index in [-0.39, 0.29) is 45.1 Å². The van der Waals surface area contributed by atoms with Gasteiger partial charge in [0.15, 0.2) is 0 Å². The van der Waals surface area contributed by atoms with E-state index in [1.807, 2.05) is 12.1 Å². The molecule has 4 aromatic rings. The molecule has 0 saturated heterocycles. The number of amides is 10. The van der Waals surface area contributed by atoms with Gasteiger partial charge in [0, 0.05) is 42.8 Å². The monoisotopic (exact) mass is 1110 g/mol. The molecule has 1 heterocycles. The van der Waals surface area contributed by atoms with Crippen LogP contribution in [0.25, 0.3) is 10.9 Å². The molecule has 10 amide bonds. The summed E-state index contributed by atoms with van der Waals surface area (Å²) < 4.78 is 0. The third-order valence-electron chi connectivity index (χ3n) is 12.8. The van der Waals surface area contributed by atoms with Crippen LogP contribution < -0.4 is 71.6 Å². The average Bonchev–Trinajstić information content (AvgIpc) is 3.84. The maximum Gasteiger partial charge on any atom is 0.326 e. The van der Waals surface area contributed by atoms with Gasteiger partial charge in [-0.1, -0.05) is 85.3 Å². The summed E-state index contributed by atoms with van der Waals surface area (Å²) in [5, 5.41) is 28.5. The van der Waals surface area contributed by atoms with Crippen LogP contribution in [-0.2, 0) is 72.0 Å². The summed E-state index contributed by atoms with van der Waals surface area (Å²) in [6, 6.07) is 12.3. The average molecular weight is 1110 g/mol. The molecule has 26 nitrogen and oxygen atoms in total. The Morgan fingerprint density at radius 1 is 0.438 bits per heavy atom. The lowest BCUT2D eigenvalue weighted by Crippen LogP contribution is -2.61. The molecule has 4 rings (SSSR count). The van der Waals surface area contributed by atoms with E-state index >= 15 is 0 Å². The summed E-state index contributed by atoms with van der Waals surface area (Å²) in [6.45, 7) is 0.522. The molecule has 1 aromatic heterocycles. The number of rotatable bonds is 36. The standard InChI is InChI=1S/C54H74N14O12/c55-23-11-9-18-35(57)47(72)64-41(28-45(59)70)52(77)63-38(21-22-44(58)69)49(74)67-42(29-46(60)71)53(78)62-37(20-10-12-24-56)48(73)65-39(25-31-13-3-1-4-14-31)50(75)66-40(27-33-30-61-36-19-8-7-17-34(33)36)51(76)68-43(54(79)80)26-32-15-5-2-6-16-32/h1-8,13-17,19,30,35,37-43,61H,9-12,18,20-29,55-57H2,(H2,58,69)(H2,59,70)(H2,60,71)(H,62,78)(H,63,77)(H,64,72)(H,65,73)(H,66,75)(H,67,74)(H,68,76)(H,79,80)/t35-,37-,38-,39+,40-,41+,42+,43+/m0/s1. The number of hydrogen-bond donors (Lipinski definition) is 15. The van der Waals surface area contributed by atoms with Gasteiger partial charge in [-0.25, -0.2) is 4.79 Å². The number of nitrogens with two attached hydrogens (primary N) is 6. The number of H-pyrrole nitrogens is 1. The van der Waals surface area contributed by atoms with E-state index in [9.17, 15) is 57.8 Å². The molecular formula is C54H74N14O12. The first-order valence-corrected chi connectivity index (χ1v) is 26.2. The summed E-state index contributed by atoms with van der Waals surface area (Å²) in [5.41, 5.74) is 36.1. The van der Waals surface area contributed by atoms with Crippen LogP contribution in [0.3, 0.4) is 0 Å². The zero-order valence-corrected chi connectivity index (χ0v) is 44.3. The van der Waals surface area contributed by atoms with Crippen LogP contribution in [-0.4, -0.2) is 137 Å². The quantitative estimate of drug-likeness (QED) is 0.0206. The molecule has 8 atom stereocenters. The van der Waals surface area contributed by atoms with Gasteiger partial charge in [0.2, 0.25) is 59.1 Å². The van der Waals surface area contributed by atoms with E-state index in [0.29, 0.717) is 42.5 Å². The number of aromatic amines is 1. The van der Waals surface area contributed by atoms with Gasteiger partial charge >= 0.3 is 5.97 Å². The number of nitrogens with one attached hydrogen (secondary N) is 8. The second kappa shape index (κ2) is 32.9. The van der Waals surface area contributed by atoms with Crippen molar-refractivity contribution in [1.82, 2.24) is 42.2 Å². The zero-order valence-electron chi connectivity index (χ0n) is 44.3. The fourth-order valence-corrected chi connectivity index (χ4v) is 8.53. The topological polar surface area (TPSA) is 464 Å².